The summed E-state index contributed by atoms with van der Waals surface area (Å²) in [4.78, 5) is 35.4. The quantitative estimate of drug-likeness (QED) is 0.575. The van der Waals surface area contributed by atoms with E-state index in [0.29, 0.717) is 4.47 Å². The normalized spacial score (nSPS) is 10.1. The van der Waals surface area contributed by atoms with Crippen molar-refractivity contribution >= 4 is 39.2 Å². The monoisotopic (exact) mass is 353 g/mol. The molecular weight excluding hydrogens is 346 g/mol. The zero-order valence-corrected chi connectivity index (χ0v) is 11.9. The number of anilines is 1. The molecule has 0 atom stereocenters. The fourth-order valence-electron chi connectivity index (χ4n) is 1.62. The van der Waals surface area contributed by atoms with Gasteiger partial charge >= 0.3 is 5.97 Å². The second-order valence-electron chi connectivity index (χ2n) is 3.98. The Bertz CT molecular complexity index is 740. The third kappa shape index (κ3) is 3.26. The molecule has 0 bridgehead atoms. The molecule has 1 heterocycles. The van der Waals surface area contributed by atoms with Crippen molar-refractivity contribution in [3.63, 3.8) is 0 Å². The summed E-state index contributed by atoms with van der Waals surface area (Å²) in [6, 6.07) is 5.35. The summed E-state index contributed by atoms with van der Waals surface area (Å²) in [6.45, 7) is 0. The summed E-state index contributed by atoms with van der Waals surface area (Å²) >= 11 is 3.17. The van der Waals surface area contributed by atoms with Crippen molar-refractivity contribution < 1.29 is 19.6 Å². The van der Waals surface area contributed by atoms with Crippen LogP contribution in [-0.4, -0.2) is 26.9 Å². The van der Waals surface area contributed by atoms with E-state index >= 15 is 0 Å². The molecule has 0 spiro atoms. The van der Waals surface area contributed by atoms with Crippen molar-refractivity contribution in [2.24, 2.45) is 0 Å². The third-order valence-corrected chi connectivity index (χ3v) is 3.08. The summed E-state index contributed by atoms with van der Waals surface area (Å²) in [6.07, 6.45) is 1.08. The van der Waals surface area contributed by atoms with Crippen molar-refractivity contribution in [1.82, 2.24) is 4.98 Å². The minimum absolute atomic E-state index is 0.0435. The molecular formula is C12H8BrN3O5. The van der Waals surface area contributed by atoms with E-state index in [4.69, 9.17) is 5.11 Å². The van der Waals surface area contributed by atoms with Crippen LogP contribution in [0.25, 0.3) is 0 Å². The number of aromatic nitrogens is 1. The van der Waals surface area contributed by atoms with Gasteiger partial charge in [-0.15, -0.1) is 0 Å². The molecule has 0 saturated heterocycles. The Morgan fingerprint density at radius 2 is 2.05 bits per heavy atom. The zero-order valence-electron chi connectivity index (χ0n) is 10.3. The van der Waals surface area contributed by atoms with Crippen LogP contribution >= 0.6 is 15.9 Å². The molecule has 0 unspecified atom stereocenters. The van der Waals surface area contributed by atoms with E-state index in [2.05, 4.69) is 26.2 Å². The SMILES string of the molecule is O=C(Nc1cc(Br)ccc1C(=O)O)c1cc([N+](=O)[O-])c[nH]1. The second kappa shape index (κ2) is 5.75. The van der Waals surface area contributed by atoms with Crippen LogP contribution in [0.2, 0.25) is 0 Å². The van der Waals surface area contributed by atoms with Gasteiger partial charge in [0.15, 0.2) is 0 Å². The maximum atomic E-state index is 12.0. The Balaban J connectivity index is 2.28. The Morgan fingerprint density at radius 1 is 1.33 bits per heavy atom. The number of carbonyl (C=O) groups excluding carboxylic acids is 1. The van der Waals surface area contributed by atoms with Crippen molar-refractivity contribution in [3.05, 3.63) is 56.3 Å². The van der Waals surface area contributed by atoms with Crippen LogP contribution in [0.4, 0.5) is 11.4 Å². The number of hydrogen-bond donors (Lipinski definition) is 3. The van der Waals surface area contributed by atoms with Gasteiger partial charge in [0, 0.05) is 10.5 Å². The molecule has 0 fully saturated rings. The number of hydrogen-bond acceptors (Lipinski definition) is 4. The molecule has 9 heteroatoms. The number of nitrogens with zero attached hydrogens (tertiary/aromatic N) is 1. The number of amides is 1. The number of H-pyrrole nitrogens is 1. The molecule has 1 aromatic heterocycles. The van der Waals surface area contributed by atoms with E-state index in [0.717, 1.165) is 12.3 Å². The molecule has 2 rings (SSSR count). The predicted octanol–water partition coefficient (Wildman–Crippen LogP) is 2.64. The highest BCUT2D eigenvalue weighted by Gasteiger charge is 2.17. The smallest absolute Gasteiger partial charge is 0.337 e. The van der Waals surface area contributed by atoms with Crippen LogP contribution in [0, 0.1) is 10.1 Å². The lowest BCUT2D eigenvalue weighted by Gasteiger charge is -2.08. The summed E-state index contributed by atoms with van der Waals surface area (Å²) in [7, 11) is 0. The van der Waals surface area contributed by atoms with Crippen LogP contribution in [-0.2, 0) is 0 Å². The number of aromatic amines is 1. The number of carboxylic acid groups (broad SMARTS) is 1. The van der Waals surface area contributed by atoms with Gasteiger partial charge in [-0.2, -0.15) is 0 Å². The molecule has 0 aliphatic heterocycles. The van der Waals surface area contributed by atoms with Crippen molar-refractivity contribution in [3.8, 4) is 0 Å². The molecule has 3 N–H and O–H groups in total. The van der Waals surface area contributed by atoms with E-state index < -0.39 is 16.8 Å². The molecule has 0 aliphatic carbocycles. The van der Waals surface area contributed by atoms with E-state index in [1.165, 1.54) is 18.2 Å². The third-order valence-electron chi connectivity index (χ3n) is 2.58. The molecule has 0 aliphatic rings. The second-order valence-corrected chi connectivity index (χ2v) is 4.89. The van der Waals surface area contributed by atoms with Crippen LogP contribution < -0.4 is 5.32 Å². The van der Waals surface area contributed by atoms with Crippen molar-refractivity contribution in [2.45, 2.75) is 0 Å². The van der Waals surface area contributed by atoms with Gasteiger partial charge in [0.05, 0.1) is 22.4 Å². The number of carbonyl (C=O) groups is 2. The largest absolute Gasteiger partial charge is 0.478 e. The van der Waals surface area contributed by atoms with Gasteiger partial charge in [-0.25, -0.2) is 4.79 Å². The van der Waals surface area contributed by atoms with Gasteiger partial charge in [0.2, 0.25) is 0 Å². The first-order valence-electron chi connectivity index (χ1n) is 5.55. The Labute approximate surface area is 126 Å². The molecule has 21 heavy (non-hydrogen) atoms. The first-order chi connectivity index (χ1) is 9.88. The number of benzene rings is 1. The Morgan fingerprint density at radius 3 is 2.62 bits per heavy atom. The summed E-state index contributed by atoms with van der Waals surface area (Å²) in [5, 5.41) is 22.0. The highest BCUT2D eigenvalue weighted by Crippen LogP contribution is 2.22. The van der Waals surface area contributed by atoms with Crippen LogP contribution in [0.1, 0.15) is 20.8 Å². The van der Waals surface area contributed by atoms with E-state index in [1.807, 2.05) is 0 Å². The molecule has 0 saturated carbocycles. The zero-order chi connectivity index (χ0) is 15.6. The Kier molecular flexibility index (Phi) is 4.03. The average molecular weight is 354 g/mol. The minimum atomic E-state index is -1.20. The van der Waals surface area contributed by atoms with Gasteiger partial charge < -0.3 is 15.4 Å². The molecule has 0 radical (unpaired) electrons. The topological polar surface area (TPSA) is 125 Å². The standard InChI is InChI=1S/C12H8BrN3O5/c13-6-1-2-8(12(18)19)9(3-6)15-11(17)10-4-7(5-14-10)16(20)21/h1-5,14H,(H,15,17)(H,18,19). The van der Waals surface area contributed by atoms with Crippen LogP contribution in [0.3, 0.4) is 0 Å². The van der Waals surface area contributed by atoms with E-state index in [9.17, 15) is 19.7 Å². The fraction of sp³-hybridized carbons (Fsp3) is 0. The maximum Gasteiger partial charge on any atom is 0.337 e. The number of carboxylic acids is 1. The number of halogens is 1. The van der Waals surface area contributed by atoms with E-state index in [-0.39, 0.29) is 22.6 Å². The summed E-state index contributed by atoms with van der Waals surface area (Å²) in [5.74, 6) is -1.88. The summed E-state index contributed by atoms with van der Waals surface area (Å²) in [5.41, 5.74) is -0.308. The van der Waals surface area contributed by atoms with Gasteiger partial charge in [-0.3, -0.25) is 14.9 Å². The lowest BCUT2D eigenvalue weighted by Crippen LogP contribution is -2.15. The highest BCUT2D eigenvalue weighted by atomic mass is 79.9. The first-order valence-corrected chi connectivity index (χ1v) is 6.35. The van der Waals surface area contributed by atoms with Crippen molar-refractivity contribution in [2.75, 3.05) is 5.32 Å². The summed E-state index contributed by atoms with van der Waals surface area (Å²) < 4.78 is 0.584. The van der Waals surface area contributed by atoms with Gasteiger partial charge in [0.25, 0.3) is 11.6 Å². The Hall–Kier alpha value is -2.68. The molecule has 1 amide bonds. The van der Waals surface area contributed by atoms with Gasteiger partial charge in [-0.05, 0) is 18.2 Å². The maximum absolute atomic E-state index is 12.0. The van der Waals surface area contributed by atoms with Gasteiger partial charge in [-0.1, -0.05) is 15.9 Å². The average Bonchev–Trinajstić information content (AvgIpc) is 2.88. The number of nitrogens with one attached hydrogen (secondary N) is 2. The van der Waals surface area contributed by atoms with Gasteiger partial charge in [0.1, 0.15) is 5.69 Å². The molecule has 2 aromatic rings. The van der Waals surface area contributed by atoms with Crippen LogP contribution in [0.5, 0.6) is 0 Å². The molecule has 108 valence electrons. The molecule has 1 aromatic carbocycles. The van der Waals surface area contributed by atoms with Crippen molar-refractivity contribution in [1.29, 1.82) is 0 Å². The number of aromatic carboxylic acids is 1. The first kappa shape index (κ1) is 14.7. The highest BCUT2D eigenvalue weighted by molar-refractivity contribution is 9.10. The van der Waals surface area contributed by atoms with Crippen LogP contribution in [0.15, 0.2) is 34.9 Å². The number of rotatable bonds is 4. The lowest BCUT2D eigenvalue weighted by atomic mass is 10.2. The fourth-order valence-corrected chi connectivity index (χ4v) is 1.98. The minimum Gasteiger partial charge on any atom is -0.478 e. The van der Waals surface area contributed by atoms with E-state index in [1.54, 1.807) is 0 Å². The lowest BCUT2D eigenvalue weighted by molar-refractivity contribution is -0.384. The molecule has 8 nitrogen and oxygen atoms in total. The number of nitro groups is 1. The predicted molar refractivity (Wildman–Crippen MR) is 76.5 cm³/mol.